The number of non-ortho nitro benzene ring substituents is 1. The molecular weight excluding hydrogens is 246 g/mol. The maximum Gasteiger partial charge on any atom is 0.278 e. The predicted molar refractivity (Wildman–Crippen MR) is 73.2 cm³/mol. The van der Waals surface area contributed by atoms with E-state index >= 15 is 0 Å². The molecule has 0 saturated carbocycles. The van der Waals surface area contributed by atoms with E-state index in [1.165, 1.54) is 6.07 Å². The van der Waals surface area contributed by atoms with Crippen LogP contribution in [0.25, 0.3) is 10.9 Å². The molecule has 0 aliphatic carbocycles. The second kappa shape index (κ2) is 4.81. The molecule has 0 unspecified atom stereocenters. The zero-order valence-corrected chi connectivity index (χ0v) is 10.8. The van der Waals surface area contributed by atoms with Crippen molar-refractivity contribution in [3.8, 4) is 0 Å². The third-order valence-corrected chi connectivity index (χ3v) is 2.81. The molecule has 2 aromatic rings. The van der Waals surface area contributed by atoms with Crippen LogP contribution in [0.1, 0.15) is 13.8 Å². The van der Waals surface area contributed by atoms with Gasteiger partial charge in [0.1, 0.15) is 5.52 Å². The van der Waals surface area contributed by atoms with Crippen molar-refractivity contribution in [3.63, 3.8) is 0 Å². The van der Waals surface area contributed by atoms with Gasteiger partial charge in [-0.3, -0.25) is 15.1 Å². The Labute approximate surface area is 110 Å². The summed E-state index contributed by atoms with van der Waals surface area (Å²) in [7, 11) is 0. The van der Waals surface area contributed by atoms with Crippen molar-refractivity contribution in [2.24, 2.45) is 0 Å². The van der Waals surface area contributed by atoms with E-state index in [9.17, 15) is 15.2 Å². The van der Waals surface area contributed by atoms with Crippen molar-refractivity contribution in [1.82, 2.24) is 4.98 Å². The number of anilines is 1. The molecule has 0 radical (unpaired) electrons. The Morgan fingerprint density at radius 1 is 1.42 bits per heavy atom. The number of nitro groups is 1. The van der Waals surface area contributed by atoms with Crippen molar-refractivity contribution >= 4 is 22.3 Å². The summed E-state index contributed by atoms with van der Waals surface area (Å²) in [4.78, 5) is 14.8. The SMILES string of the molecule is CC(C)(CO)Nc1ccc([N+](=O)[O-])c2cccnc12. The highest BCUT2D eigenvalue weighted by atomic mass is 16.6. The third kappa shape index (κ3) is 2.63. The minimum absolute atomic E-state index is 0.0236. The van der Waals surface area contributed by atoms with Crippen LogP contribution in [0.5, 0.6) is 0 Å². The molecular formula is C13H15N3O3. The maximum absolute atomic E-state index is 11.0. The van der Waals surface area contributed by atoms with Crippen LogP contribution < -0.4 is 5.32 Å². The Hall–Kier alpha value is -2.21. The minimum Gasteiger partial charge on any atom is -0.394 e. The van der Waals surface area contributed by atoms with Gasteiger partial charge in [0.05, 0.1) is 28.1 Å². The highest BCUT2D eigenvalue weighted by molar-refractivity contribution is 5.96. The van der Waals surface area contributed by atoms with Gasteiger partial charge in [-0.05, 0) is 32.0 Å². The van der Waals surface area contributed by atoms with E-state index in [2.05, 4.69) is 10.3 Å². The van der Waals surface area contributed by atoms with Crippen LogP contribution in [-0.2, 0) is 0 Å². The number of aromatic nitrogens is 1. The molecule has 1 aromatic carbocycles. The molecule has 1 aromatic heterocycles. The van der Waals surface area contributed by atoms with Crippen molar-refractivity contribution < 1.29 is 10.0 Å². The summed E-state index contributed by atoms with van der Waals surface area (Å²) in [6.45, 7) is 3.62. The summed E-state index contributed by atoms with van der Waals surface area (Å²) >= 11 is 0. The van der Waals surface area contributed by atoms with Gasteiger partial charge >= 0.3 is 0 Å². The standard InChI is InChI=1S/C13H15N3O3/c1-13(2,8-17)15-10-5-6-11(16(18)19)9-4-3-7-14-12(9)10/h3-7,15,17H,8H2,1-2H3. The quantitative estimate of drug-likeness (QED) is 0.651. The van der Waals surface area contributed by atoms with Crippen LogP contribution >= 0.6 is 0 Å². The monoisotopic (exact) mass is 261 g/mol. The smallest absolute Gasteiger partial charge is 0.278 e. The first-order valence-corrected chi connectivity index (χ1v) is 5.86. The fourth-order valence-corrected chi connectivity index (χ4v) is 1.82. The highest BCUT2D eigenvalue weighted by Gasteiger charge is 2.20. The topological polar surface area (TPSA) is 88.3 Å². The summed E-state index contributed by atoms with van der Waals surface area (Å²) in [5.41, 5.74) is 0.689. The van der Waals surface area contributed by atoms with E-state index in [1.807, 2.05) is 13.8 Å². The van der Waals surface area contributed by atoms with Gasteiger partial charge in [-0.1, -0.05) is 0 Å². The number of nitrogens with one attached hydrogen (secondary N) is 1. The average Bonchev–Trinajstić information content (AvgIpc) is 2.38. The van der Waals surface area contributed by atoms with E-state index in [1.54, 1.807) is 24.4 Å². The van der Waals surface area contributed by atoms with Gasteiger partial charge in [-0.2, -0.15) is 0 Å². The van der Waals surface area contributed by atoms with Gasteiger partial charge in [0, 0.05) is 12.3 Å². The number of hydrogen-bond acceptors (Lipinski definition) is 5. The van der Waals surface area contributed by atoms with Gasteiger partial charge in [0.2, 0.25) is 0 Å². The minimum atomic E-state index is -0.527. The molecule has 6 heteroatoms. The number of hydrogen-bond donors (Lipinski definition) is 2. The summed E-state index contributed by atoms with van der Waals surface area (Å²) in [6.07, 6.45) is 1.59. The molecule has 0 aliphatic heterocycles. The van der Waals surface area contributed by atoms with E-state index in [0.717, 1.165) is 0 Å². The second-order valence-corrected chi connectivity index (χ2v) is 4.96. The Bertz CT molecular complexity index is 626. The van der Waals surface area contributed by atoms with Crippen LogP contribution in [-0.4, -0.2) is 27.2 Å². The van der Waals surface area contributed by atoms with Crippen LogP contribution in [0.4, 0.5) is 11.4 Å². The lowest BCUT2D eigenvalue weighted by Crippen LogP contribution is -2.35. The van der Waals surface area contributed by atoms with Crippen LogP contribution in [0.2, 0.25) is 0 Å². The summed E-state index contributed by atoms with van der Waals surface area (Å²) in [5.74, 6) is 0. The van der Waals surface area contributed by atoms with Gasteiger partial charge in [-0.15, -0.1) is 0 Å². The molecule has 0 spiro atoms. The molecule has 2 N–H and O–H groups in total. The van der Waals surface area contributed by atoms with Gasteiger partial charge in [0.15, 0.2) is 0 Å². The van der Waals surface area contributed by atoms with Crippen LogP contribution in [0.3, 0.4) is 0 Å². The average molecular weight is 261 g/mol. The Morgan fingerprint density at radius 2 is 2.16 bits per heavy atom. The number of aliphatic hydroxyl groups is 1. The fourth-order valence-electron chi connectivity index (χ4n) is 1.82. The summed E-state index contributed by atoms with van der Waals surface area (Å²) < 4.78 is 0. The maximum atomic E-state index is 11.0. The number of fused-ring (bicyclic) bond motifs is 1. The van der Waals surface area contributed by atoms with Crippen molar-refractivity contribution in [1.29, 1.82) is 0 Å². The van der Waals surface area contributed by atoms with E-state index < -0.39 is 10.5 Å². The number of pyridine rings is 1. The Kier molecular flexibility index (Phi) is 3.35. The zero-order chi connectivity index (χ0) is 14.0. The largest absolute Gasteiger partial charge is 0.394 e. The summed E-state index contributed by atoms with van der Waals surface area (Å²) in [5, 5.41) is 23.9. The molecule has 19 heavy (non-hydrogen) atoms. The first-order chi connectivity index (χ1) is 8.94. The van der Waals surface area contributed by atoms with Crippen molar-refractivity contribution in [2.75, 3.05) is 11.9 Å². The number of nitro benzene ring substituents is 1. The molecule has 0 amide bonds. The highest BCUT2D eigenvalue weighted by Crippen LogP contribution is 2.31. The normalized spacial score (nSPS) is 11.5. The van der Waals surface area contributed by atoms with Crippen LogP contribution in [0.15, 0.2) is 30.5 Å². The zero-order valence-electron chi connectivity index (χ0n) is 10.8. The molecule has 100 valence electrons. The Balaban J connectivity index is 2.59. The van der Waals surface area contributed by atoms with E-state index in [0.29, 0.717) is 16.6 Å². The molecule has 2 rings (SSSR count). The molecule has 6 nitrogen and oxygen atoms in total. The number of aliphatic hydroxyl groups excluding tert-OH is 1. The number of nitrogens with zero attached hydrogens (tertiary/aromatic N) is 2. The summed E-state index contributed by atoms with van der Waals surface area (Å²) in [6, 6.07) is 6.39. The second-order valence-electron chi connectivity index (χ2n) is 4.96. The predicted octanol–water partition coefficient (Wildman–Crippen LogP) is 2.33. The molecule has 0 bridgehead atoms. The third-order valence-electron chi connectivity index (χ3n) is 2.81. The molecule has 0 atom stereocenters. The molecule has 0 fully saturated rings. The fraction of sp³-hybridized carbons (Fsp3) is 0.308. The van der Waals surface area contributed by atoms with E-state index in [-0.39, 0.29) is 12.3 Å². The number of rotatable bonds is 4. The lowest BCUT2D eigenvalue weighted by molar-refractivity contribution is -0.383. The molecule has 1 heterocycles. The van der Waals surface area contributed by atoms with E-state index in [4.69, 9.17) is 0 Å². The first kappa shape index (κ1) is 13.2. The van der Waals surface area contributed by atoms with Crippen LogP contribution in [0, 0.1) is 10.1 Å². The first-order valence-electron chi connectivity index (χ1n) is 5.86. The lowest BCUT2D eigenvalue weighted by atomic mass is 10.1. The van der Waals surface area contributed by atoms with Crippen molar-refractivity contribution in [2.45, 2.75) is 19.4 Å². The number of benzene rings is 1. The van der Waals surface area contributed by atoms with Gasteiger partial charge in [0.25, 0.3) is 5.69 Å². The Morgan fingerprint density at radius 3 is 2.79 bits per heavy atom. The van der Waals surface area contributed by atoms with Gasteiger partial charge in [-0.25, -0.2) is 0 Å². The lowest BCUT2D eigenvalue weighted by Gasteiger charge is -2.25. The van der Waals surface area contributed by atoms with Crippen molar-refractivity contribution in [3.05, 3.63) is 40.6 Å². The molecule has 0 aliphatic rings. The molecule has 0 saturated heterocycles. The van der Waals surface area contributed by atoms with Gasteiger partial charge < -0.3 is 10.4 Å².